The van der Waals surface area contributed by atoms with Crippen molar-refractivity contribution in [1.82, 2.24) is 0 Å². The highest BCUT2D eigenvalue weighted by atomic mass is 79.9. The van der Waals surface area contributed by atoms with E-state index < -0.39 is 0 Å². The molecule has 0 saturated carbocycles. The third-order valence-electron chi connectivity index (χ3n) is 6.88. The van der Waals surface area contributed by atoms with E-state index in [1.54, 1.807) is 6.92 Å². The minimum atomic E-state index is 0.171. The maximum Gasteiger partial charge on any atom is 0.154 e. The number of nitrogens with two attached hydrogens (primary N) is 1. The number of carbonyl (C=O) groups is 1. The molecule has 0 bridgehead atoms. The number of nitrogens with one attached hydrogen (secondary N) is 1. The van der Waals surface area contributed by atoms with Gasteiger partial charge in [-0.15, -0.1) is 0 Å². The Kier molecular flexibility index (Phi) is 7.17. The molecule has 5 nitrogen and oxygen atoms in total. The van der Waals surface area contributed by atoms with Crippen LogP contribution in [0.4, 0.5) is 0 Å². The summed E-state index contributed by atoms with van der Waals surface area (Å²) in [7, 11) is 0. The van der Waals surface area contributed by atoms with Crippen LogP contribution >= 0.6 is 15.9 Å². The fourth-order valence-corrected chi connectivity index (χ4v) is 5.49. The third kappa shape index (κ3) is 5.01. The molecule has 0 saturated heterocycles. The minimum absolute atomic E-state index is 0.171. The van der Waals surface area contributed by atoms with E-state index in [9.17, 15) is 4.79 Å². The number of carbonyl (C=O) groups excluding carboxylic acids is 1. The molecule has 0 aromatic heterocycles. The fourth-order valence-electron chi connectivity index (χ4n) is 5.09. The molecule has 0 unspecified atom stereocenters. The van der Waals surface area contributed by atoms with Crippen LogP contribution in [-0.4, -0.2) is 17.5 Å². The average Bonchev–Trinajstić information content (AvgIpc) is 3.15. The van der Waals surface area contributed by atoms with E-state index in [0.29, 0.717) is 12.3 Å². The maximum absolute atomic E-state index is 11.4. The number of fused-ring (bicyclic) bond motifs is 2. The molecule has 1 heterocycles. The van der Waals surface area contributed by atoms with E-state index in [-0.39, 0.29) is 17.5 Å². The van der Waals surface area contributed by atoms with Gasteiger partial charge in [-0.3, -0.25) is 5.41 Å². The minimum Gasteiger partial charge on any atom is -0.456 e. The molecule has 0 fully saturated rings. The van der Waals surface area contributed by atoms with Crippen LogP contribution in [0, 0.1) is 5.41 Å². The van der Waals surface area contributed by atoms with E-state index in [0.717, 1.165) is 73.0 Å². The van der Waals surface area contributed by atoms with Crippen LogP contribution in [0.5, 0.6) is 11.5 Å². The molecule has 0 atom stereocenters. The number of ether oxygens (including phenoxy) is 1. The first kappa shape index (κ1) is 25.9. The lowest BCUT2D eigenvalue weighted by atomic mass is 9.87. The van der Waals surface area contributed by atoms with Gasteiger partial charge < -0.3 is 15.3 Å². The van der Waals surface area contributed by atoms with Crippen LogP contribution in [0.3, 0.4) is 0 Å². The fraction of sp³-hybridized carbons (Fsp3) is 0.219. The topological polar surface area (TPSA) is 88.5 Å². The summed E-state index contributed by atoms with van der Waals surface area (Å²) in [5.41, 5.74) is 12.0. The number of nitrogens with zero attached hydrogens (tertiary/aromatic N) is 1. The summed E-state index contributed by atoms with van der Waals surface area (Å²) >= 11 is 3.62. The number of rotatable bonds is 8. The number of benzene rings is 4. The molecule has 0 radical (unpaired) electrons. The molecule has 5 rings (SSSR count). The Bertz CT molecular complexity index is 1620. The Labute approximate surface area is 231 Å². The number of aryl methyl sites for hydroxylation is 1. The van der Waals surface area contributed by atoms with E-state index >= 15 is 0 Å². The van der Waals surface area contributed by atoms with Gasteiger partial charge in [-0.25, -0.2) is 4.99 Å². The van der Waals surface area contributed by atoms with Gasteiger partial charge in [0.15, 0.2) is 5.84 Å². The number of aliphatic imine (C=N–C) groups is 1. The maximum atomic E-state index is 11.4. The molecule has 6 heteroatoms. The summed E-state index contributed by atoms with van der Waals surface area (Å²) in [6.45, 7) is 5.94. The SMILES string of the molecule is CC(=O)CCCc1cccc(Oc2c(C(C)C)ccc3cc4c(c(-c5cccc(Br)c5)c23)C(N)=NC4=N)c1. The molecule has 38 heavy (non-hydrogen) atoms. The third-order valence-corrected chi connectivity index (χ3v) is 7.37. The lowest BCUT2D eigenvalue weighted by molar-refractivity contribution is -0.117. The van der Waals surface area contributed by atoms with Crippen LogP contribution in [-0.2, 0) is 11.2 Å². The highest BCUT2D eigenvalue weighted by Crippen LogP contribution is 2.46. The largest absolute Gasteiger partial charge is 0.456 e. The zero-order valence-electron chi connectivity index (χ0n) is 21.8. The molecule has 1 aliphatic rings. The number of amidine groups is 2. The first-order valence-electron chi connectivity index (χ1n) is 12.8. The number of Topliss-reactive ketones (excluding diaryl/α,β-unsaturated/α-hetero) is 1. The average molecular weight is 569 g/mol. The highest BCUT2D eigenvalue weighted by molar-refractivity contribution is 9.10. The van der Waals surface area contributed by atoms with Crippen molar-refractivity contribution in [2.24, 2.45) is 10.7 Å². The van der Waals surface area contributed by atoms with E-state index in [1.165, 1.54) is 0 Å². The van der Waals surface area contributed by atoms with E-state index in [2.05, 4.69) is 71.2 Å². The van der Waals surface area contributed by atoms with Gasteiger partial charge in [-0.1, -0.05) is 66.2 Å². The van der Waals surface area contributed by atoms with Gasteiger partial charge >= 0.3 is 0 Å². The Morgan fingerprint density at radius 3 is 2.58 bits per heavy atom. The van der Waals surface area contributed by atoms with Crippen molar-refractivity contribution >= 4 is 44.2 Å². The number of hydrogen-bond donors (Lipinski definition) is 2. The second kappa shape index (κ2) is 10.5. The summed E-state index contributed by atoms with van der Waals surface area (Å²) < 4.78 is 7.70. The quantitative estimate of drug-likeness (QED) is 0.225. The van der Waals surface area contributed by atoms with Crippen molar-refractivity contribution in [1.29, 1.82) is 5.41 Å². The van der Waals surface area contributed by atoms with Gasteiger partial charge in [0.25, 0.3) is 0 Å². The van der Waals surface area contributed by atoms with Crippen LogP contribution in [0.1, 0.15) is 61.8 Å². The van der Waals surface area contributed by atoms with Crippen LogP contribution in [0.25, 0.3) is 21.9 Å². The van der Waals surface area contributed by atoms with Crippen molar-refractivity contribution in [3.05, 3.63) is 93.5 Å². The van der Waals surface area contributed by atoms with Crippen molar-refractivity contribution in [2.75, 3.05) is 0 Å². The van der Waals surface area contributed by atoms with Crippen LogP contribution < -0.4 is 10.5 Å². The summed E-state index contributed by atoms with van der Waals surface area (Å²) in [6, 6.07) is 22.4. The van der Waals surface area contributed by atoms with Gasteiger partial charge in [0.1, 0.15) is 23.1 Å². The van der Waals surface area contributed by atoms with Gasteiger partial charge in [0, 0.05) is 33.0 Å². The molecular weight excluding hydrogens is 538 g/mol. The van der Waals surface area contributed by atoms with E-state index in [4.69, 9.17) is 15.9 Å². The lowest BCUT2D eigenvalue weighted by Crippen LogP contribution is -2.13. The van der Waals surface area contributed by atoms with Crippen molar-refractivity contribution in [3.63, 3.8) is 0 Å². The summed E-state index contributed by atoms with van der Waals surface area (Å²) in [5, 5.41) is 10.4. The summed E-state index contributed by atoms with van der Waals surface area (Å²) in [6.07, 6.45) is 2.20. The Morgan fingerprint density at radius 2 is 1.84 bits per heavy atom. The highest BCUT2D eigenvalue weighted by Gasteiger charge is 2.28. The monoisotopic (exact) mass is 567 g/mol. The van der Waals surface area contributed by atoms with Crippen molar-refractivity contribution in [2.45, 2.75) is 46.0 Å². The molecule has 3 N–H and O–H groups in total. The van der Waals surface area contributed by atoms with Gasteiger partial charge in [0.05, 0.1) is 0 Å². The molecular formula is C32H30BrN3O2. The van der Waals surface area contributed by atoms with Crippen LogP contribution in [0.2, 0.25) is 0 Å². The lowest BCUT2D eigenvalue weighted by Gasteiger charge is -2.21. The number of hydrogen-bond acceptors (Lipinski definition) is 4. The normalized spacial score (nSPS) is 12.7. The molecule has 192 valence electrons. The van der Waals surface area contributed by atoms with Gasteiger partial charge in [0.2, 0.25) is 0 Å². The number of halogens is 1. The molecule has 1 aliphatic heterocycles. The van der Waals surface area contributed by atoms with Crippen molar-refractivity contribution in [3.8, 4) is 22.6 Å². The molecule has 4 aromatic rings. The molecule has 0 amide bonds. The Balaban J connectivity index is 1.74. The second-order valence-corrected chi connectivity index (χ2v) is 11.0. The number of ketones is 1. The predicted octanol–water partition coefficient (Wildman–Crippen LogP) is 8.14. The summed E-state index contributed by atoms with van der Waals surface area (Å²) in [4.78, 5) is 15.7. The summed E-state index contributed by atoms with van der Waals surface area (Å²) in [5.74, 6) is 2.45. The molecule has 0 aliphatic carbocycles. The Morgan fingerprint density at radius 1 is 1.05 bits per heavy atom. The first-order chi connectivity index (χ1) is 18.2. The second-order valence-electron chi connectivity index (χ2n) is 10.1. The van der Waals surface area contributed by atoms with E-state index in [1.807, 2.05) is 30.3 Å². The molecule has 0 spiro atoms. The zero-order chi connectivity index (χ0) is 27.0. The zero-order valence-corrected chi connectivity index (χ0v) is 23.4. The standard InChI is InChI=1S/C32H30BrN3O2/c1-18(2)25-14-13-22-17-26-29(32(35)36-31(26)34)27(21-10-6-11-23(33)16-21)28(22)30(25)38-24-12-5-9-20(15-24)8-4-7-19(3)37/h5-6,9-18H,4,7-8H2,1-3H3,(H3,34,35,36). The molecule has 4 aromatic carbocycles. The smallest absolute Gasteiger partial charge is 0.154 e. The first-order valence-corrected chi connectivity index (χ1v) is 13.6. The van der Waals surface area contributed by atoms with Crippen molar-refractivity contribution < 1.29 is 9.53 Å². The van der Waals surface area contributed by atoms with Crippen LogP contribution in [0.15, 0.2) is 76.2 Å². The van der Waals surface area contributed by atoms with Gasteiger partial charge in [-0.2, -0.15) is 0 Å². The Hall–Kier alpha value is -3.77. The van der Waals surface area contributed by atoms with Gasteiger partial charge in [-0.05, 0) is 78.1 Å². The predicted molar refractivity (Wildman–Crippen MR) is 159 cm³/mol.